The van der Waals surface area contributed by atoms with Crippen molar-refractivity contribution < 1.29 is 24.1 Å². The van der Waals surface area contributed by atoms with E-state index in [0.29, 0.717) is 3.57 Å². The molecule has 0 saturated carbocycles. The number of hydrogen-bond acceptors (Lipinski definition) is 3. The van der Waals surface area contributed by atoms with Crippen LogP contribution in [0.1, 0.15) is 0 Å². The van der Waals surface area contributed by atoms with Crippen molar-refractivity contribution in [3.8, 4) is 9.31 Å². The van der Waals surface area contributed by atoms with Crippen LogP contribution in [0.15, 0.2) is 30.3 Å². The molecular formula is C9H5ClF3IO3S. The molecule has 0 aliphatic heterocycles. The second-order valence-electron chi connectivity index (χ2n) is 2.70. The number of hydrogen-bond donors (Lipinski definition) is 0. The number of benzene rings is 1. The van der Waals surface area contributed by atoms with Crippen LogP contribution in [0.2, 0.25) is 0 Å². The van der Waals surface area contributed by atoms with Gasteiger partial charge in [0.1, 0.15) is 0 Å². The molecule has 0 aromatic heterocycles. The molecule has 0 spiro atoms. The Bertz CT molecular complexity index is 562. The van der Waals surface area contributed by atoms with Crippen molar-refractivity contribution in [1.82, 2.24) is 0 Å². The average Bonchev–Trinajstić information content (AvgIpc) is 2.28. The summed E-state index contributed by atoms with van der Waals surface area (Å²) in [7, 11) is -5.66. The van der Waals surface area contributed by atoms with E-state index in [9.17, 15) is 21.6 Å². The summed E-state index contributed by atoms with van der Waals surface area (Å²) in [6.07, 6.45) is 0. The van der Waals surface area contributed by atoms with Gasteiger partial charge in [-0.15, -0.1) is 0 Å². The van der Waals surface area contributed by atoms with Crippen molar-refractivity contribution in [3.63, 3.8) is 0 Å². The molecular weight excluding hydrogens is 408 g/mol. The summed E-state index contributed by atoms with van der Waals surface area (Å²) in [5.74, 6) is 0. The Labute approximate surface area is 114 Å². The van der Waals surface area contributed by atoms with Gasteiger partial charge in [0, 0.05) is 0 Å². The van der Waals surface area contributed by atoms with E-state index in [4.69, 9.17) is 11.6 Å². The summed E-state index contributed by atoms with van der Waals surface area (Å²) in [6, 6.07) is 7.60. The first kappa shape index (κ1) is 15.6. The fraction of sp³-hybridized carbons (Fsp3) is 0.111. The Balaban J connectivity index is 3.07. The van der Waals surface area contributed by atoms with Gasteiger partial charge in [-0.3, -0.25) is 0 Å². The van der Waals surface area contributed by atoms with Crippen molar-refractivity contribution in [1.29, 1.82) is 0 Å². The Kier molecular flexibility index (Phi) is 5.27. The third-order valence-electron chi connectivity index (χ3n) is 1.48. The summed E-state index contributed by atoms with van der Waals surface area (Å²) in [4.78, 5) is 0. The van der Waals surface area contributed by atoms with Crippen LogP contribution in [0.25, 0.3) is 0 Å². The maximum absolute atomic E-state index is 12.2. The number of alkyl halides is 3. The maximum atomic E-state index is 12.2. The second kappa shape index (κ2) is 6.10. The van der Waals surface area contributed by atoms with Crippen LogP contribution in [0, 0.1) is 12.9 Å². The molecule has 0 radical (unpaired) electrons. The molecule has 18 heavy (non-hydrogen) atoms. The molecule has 0 N–H and O–H groups in total. The molecule has 9 heteroatoms. The molecule has 0 heterocycles. The zero-order chi connectivity index (χ0) is 13.8. The van der Waals surface area contributed by atoms with E-state index in [1.807, 2.05) is 5.38 Å². The zero-order valence-corrected chi connectivity index (χ0v) is 12.1. The van der Waals surface area contributed by atoms with Crippen LogP contribution in [0.3, 0.4) is 0 Å². The third-order valence-corrected chi connectivity index (χ3v) is 7.86. The van der Waals surface area contributed by atoms with E-state index < -0.39 is 35.9 Å². The zero-order valence-electron chi connectivity index (χ0n) is 8.41. The van der Waals surface area contributed by atoms with E-state index in [1.165, 1.54) is 12.1 Å². The van der Waals surface area contributed by atoms with Crippen LogP contribution in [-0.2, 0) is 12.6 Å². The monoisotopic (exact) mass is 412 g/mol. The minimum atomic E-state index is -5.66. The molecule has 0 aliphatic rings. The predicted octanol–water partition coefficient (Wildman–Crippen LogP) is 3.30. The van der Waals surface area contributed by atoms with E-state index in [-0.39, 0.29) is 0 Å². The third kappa shape index (κ3) is 4.01. The molecule has 1 aromatic carbocycles. The Hall–Kier alpha value is -0.500. The summed E-state index contributed by atoms with van der Waals surface area (Å²) < 4.78 is 65.0. The van der Waals surface area contributed by atoms with E-state index in [0.717, 1.165) is 0 Å². The van der Waals surface area contributed by atoms with Crippen LogP contribution in [0.4, 0.5) is 13.2 Å². The summed E-state index contributed by atoms with van der Waals surface area (Å²) in [5.41, 5.74) is -5.47. The van der Waals surface area contributed by atoms with Crippen molar-refractivity contribution in [2.75, 3.05) is 0 Å². The molecule has 0 bridgehead atoms. The summed E-state index contributed by atoms with van der Waals surface area (Å²) in [6.45, 7) is 0. The van der Waals surface area contributed by atoms with Crippen LogP contribution < -0.4 is 0 Å². The predicted molar refractivity (Wildman–Crippen MR) is 68.8 cm³/mol. The van der Waals surface area contributed by atoms with Gasteiger partial charge in [-0.2, -0.15) is 0 Å². The van der Waals surface area contributed by atoms with Crippen molar-refractivity contribution in [3.05, 3.63) is 33.9 Å². The summed E-state index contributed by atoms with van der Waals surface area (Å²) in [5, 5.41) is 1.88. The van der Waals surface area contributed by atoms with Crippen LogP contribution in [0.5, 0.6) is 0 Å². The standard InChI is InChI=1S/C9H5ClF3IO3S/c10-6-7-14(8-4-2-1-3-5-8)17-18(15,16)9(11,12)13/h1-5H. The molecule has 1 aromatic rings. The van der Waals surface area contributed by atoms with Crippen LogP contribution in [-0.4, -0.2) is 13.9 Å². The SMILES string of the molecule is O=S(=O)(OI(C#CCl)c1ccccc1)C(F)(F)F. The Morgan fingerprint density at radius 3 is 2.22 bits per heavy atom. The average molecular weight is 413 g/mol. The van der Waals surface area contributed by atoms with Crippen LogP contribution >= 0.6 is 31.8 Å². The van der Waals surface area contributed by atoms with E-state index in [1.54, 1.807) is 18.2 Å². The molecule has 0 amide bonds. The molecule has 0 atom stereocenters. The fourth-order valence-corrected chi connectivity index (χ4v) is 6.05. The molecule has 1 rings (SSSR count). The fourth-order valence-electron chi connectivity index (χ4n) is 0.787. The van der Waals surface area contributed by atoms with Gasteiger partial charge in [-0.05, 0) is 0 Å². The van der Waals surface area contributed by atoms with Gasteiger partial charge in [0.2, 0.25) is 0 Å². The first-order chi connectivity index (χ1) is 8.28. The molecule has 0 fully saturated rings. The van der Waals surface area contributed by atoms with Gasteiger partial charge in [-0.1, -0.05) is 0 Å². The minimum absolute atomic E-state index is 0.308. The van der Waals surface area contributed by atoms with E-state index in [2.05, 4.69) is 6.44 Å². The van der Waals surface area contributed by atoms with Crippen molar-refractivity contribution >= 4 is 42.0 Å². The van der Waals surface area contributed by atoms with Gasteiger partial charge in [0.25, 0.3) is 0 Å². The quantitative estimate of drug-likeness (QED) is 0.435. The molecule has 0 saturated heterocycles. The van der Waals surface area contributed by atoms with E-state index >= 15 is 0 Å². The Morgan fingerprint density at radius 2 is 1.78 bits per heavy atom. The van der Waals surface area contributed by atoms with Crippen molar-refractivity contribution in [2.45, 2.75) is 5.51 Å². The first-order valence-corrected chi connectivity index (χ1v) is 8.98. The topological polar surface area (TPSA) is 43.4 Å². The number of halogens is 5. The van der Waals surface area contributed by atoms with Gasteiger partial charge >= 0.3 is 115 Å². The molecule has 0 unspecified atom stereocenters. The van der Waals surface area contributed by atoms with Gasteiger partial charge in [-0.25, -0.2) is 0 Å². The molecule has 3 nitrogen and oxygen atoms in total. The molecule has 100 valence electrons. The summed E-state index contributed by atoms with van der Waals surface area (Å²) >= 11 is 1.80. The Morgan fingerprint density at radius 1 is 1.22 bits per heavy atom. The van der Waals surface area contributed by atoms with Gasteiger partial charge in [0.15, 0.2) is 0 Å². The number of rotatable bonds is 3. The second-order valence-corrected chi connectivity index (χ2v) is 8.67. The first-order valence-electron chi connectivity index (χ1n) is 4.15. The normalized spacial score (nSPS) is 12.6. The van der Waals surface area contributed by atoms with Gasteiger partial charge in [0.05, 0.1) is 0 Å². The van der Waals surface area contributed by atoms with Crippen molar-refractivity contribution in [2.24, 2.45) is 0 Å². The molecule has 0 aliphatic carbocycles. The van der Waals surface area contributed by atoms with Gasteiger partial charge < -0.3 is 0 Å².